The van der Waals surface area contributed by atoms with Crippen LogP contribution in [0.25, 0.3) is 5.65 Å². The second-order valence-electron chi connectivity index (χ2n) is 5.41. The first-order valence-electron chi connectivity index (χ1n) is 7.71. The van der Waals surface area contributed by atoms with Crippen LogP contribution in [0, 0.1) is 13.8 Å². The molecule has 0 saturated heterocycles. The van der Waals surface area contributed by atoms with E-state index >= 15 is 0 Å². The van der Waals surface area contributed by atoms with E-state index in [-0.39, 0.29) is 18.3 Å². The summed E-state index contributed by atoms with van der Waals surface area (Å²) in [4.78, 5) is 32.6. The number of fused-ring (bicyclic) bond motifs is 1. The first-order valence-corrected chi connectivity index (χ1v) is 8.59. The fraction of sp³-hybridized carbons (Fsp3) is 0.312. The summed E-state index contributed by atoms with van der Waals surface area (Å²) < 4.78 is 6.51. The first kappa shape index (κ1) is 17.0. The maximum atomic E-state index is 12.5. The van der Waals surface area contributed by atoms with Crippen LogP contribution >= 0.6 is 11.3 Å². The van der Waals surface area contributed by atoms with Crippen LogP contribution in [0.5, 0.6) is 0 Å². The molecule has 8 nitrogen and oxygen atoms in total. The number of rotatable bonds is 5. The topological polar surface area (TPSA) is 98.5 Å². The van der Waals surface area contributed by atoms with Crippen molar-refractivity contribution in [2.45, 2.75) is 27.2 Å². The Bertz CT molecular complexity index is 947. The average molecular weight is 359 g/mol. The van der Waals surface area contributed by atoms with Crippen LogP contribution < -0.4 is 5.32 Å². The lowest BCUT2D eigenvalue weighted by Crippen LogP contribution is -2.13. The van der Waals surface area contributed by atoms with Gasteiger partial charge in [0.15, 0.2) is 10.8 Å². The van der Waals surface area contributed by atoms with Crippen molar-refractivity contribution < 1.29 is 14.3 Å². The predicted octanol–water partition coefficient (Wildman–Crippen LogP) is 2.16. The third-order valence-corrected chi connectivity index (χ3v) is 4.23. The van der Waals surface area contributed by atoms with Gasteiger partial charge in [0.2, 0.25) is 0 Å². The predicted molar refractivity (Wildman–Crippen MR) is 92.9 cm³/mol. The molecule has 0 radical (unpaired) electrons. The van der Waals surface area contributed by atoms with Crippen molar-refractivity contribution in [3.63, 3.8) is 0 Å². The van der Waals surface area contributed by atoms with Gasteiger partial charge in [0.25, 0.3) is 5.91 Å². The number of nitrogens with zero attached hydrogens (tertiary/aromatic N) is 4. The van der Waals surface area contributed by atoms with Crippen LogP contribution in [0.4, 0.5) is 5.13 Å². The zero-order valence-corrected chi connectivity index (χ0v) is 14.9. The van der Waals surface area contributed by atoms with Crippen LogP contribution in [-0.2, 0) is 16.0 Å². The van der Waals surface area contributed by atoms with Gasteiger partial charge >= 0.3 is 5.97 Å². The Labute approximate surface area is 147 Å². The molecule has 0 saturated carbocycles. The van der Waals surface area contributed by atoms with Crippen molar-refractivity contribution in [1.82, 2.24) is 19.6 Å². The van der Waals surface area contributed by atoms with Gasteiger partial charge in [-0.2, -0.15) is 5.10 Å². The lowest BCUT2D eigenvalue weighted by Gasteiger charge is -2.02. The lowest BCUT2D eigenvalue weighted by atomic mass is 10.3. The van der Waals surface area contributed by atoms with Crippen molar-refractivity contribution in [1.29, 1.82) is 0 Å². The van der Waals surface area contributed by atoms with Gasteiger partial charge < -0.3 is 4.74 Å². The number of aryl methyl sites for hydroxylation is 2. The molecule has 1 amide bonds. The number of hydrogen-bond donors (Lipinski definition) is 1. The molecule has 0 atom stereocenters. The molecule has 0 fully saturated rings. The number of aromatic nitrogens is 4. The molecular weight excluding hydrogens is 342 g/mol. The van der Waals surface area contributed by atoms with E-state index in [4.69, 9.17) is 4.74 Å². The number of nitrogens with one attached hydrogen (secondary N) is 1. The van der Waals surface area contributed by atoms with Gasteiger partial charge in [-0.1, -0.05) is 0 Å². The van der Waals surface area contributed by atoms with Crippen molar-refractivity contribution in [3.05, 3.63) is 40.3 Å². The van der Waals surface area contributed by atoms with Crippen molar-refractivity contribution in [2.24, 2.45) is 0 Å². The van der Waals surface area contributed by atoms with Gasteiger partial charge in [-0.15, -0.1) is 11.3 Å². The normalized spacial score (nSPS) is 10.8. The monoisotopic (exact) mass is 359 g/mol. The molecule has 0 aliphatic carbocycles. The number of thiazole rings is 1. The summed E-state index contributed by atoms with van der Waals surface area (Å²) in [7, 11) is 0. The fourth-order valence-electron chi connectivity index (χ4n) is 2.40. The minimum Gasteiger partial charge on any atom is -0.466 e. The number of esters is 1. The van der Waals surface area contributed by atoms with Gasteiger partial charge in [0.1, 0.15) is 5.56 Å². The Balaban J connectivity index is 1.77. The molecule has 25 heavy (non-hydrogen) atoms. The number of ether oxygens (including phenoxy) is 1. The Morgan fingerprint density at radius 1 is 1.32 bits per heavy atom. The van der Waals surface area contributed by atoms with Crippen molar-refractivity contribution >= 4 is 34.0 Å². The highest BCUT2D eigenvalue weighted by molar-refractivity contribution is 7.14. The Morgan fingerprint density at radius 2 is 2.12 bits per heavy atom. The third-order valence-electron chi connectivity index (χ3n) is 3.43. The highest BCUT2D eigenvalue weighted by Gasteiger charge is 2.17. The number of hydrogen-bond acceptors (Lipinski definition) is 7. The Kier molecular flexibility index (Phi) is 4.75. The zero-order valence-electron chi connectivity index (χ0n) is 14.1. The van der Waals surface area contributed by atoms with Gasteiger partial charge in [0.05, 0.1) is 24.9 Å². The van der Waals surface area contributed by atoms with Gasteiger partial charge in [0, 0.05) is 16.8 Å². The maximum Gasteiger partial charge on any atom is 0.311 e. The second-order valence-corrected chi connectivity index (χ2v) is 6.27. The maximum absolute atomic E-state index is 12.5. The quantitative estimate of drug-likeness (QED) is 0.701. The SMILES string of the molecule is CCOC(=O)Cc1csc(NC(=O)c2cnn3c(C)cc(C)nc23)n1. The zero-order chi connectivity index (χ0) is 18.0. The molecule has 3 rings (SSSR count). The molecule has 0 bridgehead atoms. The molecule has 0 aromatic carbocycles. The summed E-state index contributed by atoms with van der Waals surface area (Å²) in [5, 5.41) is 9.05. The highest BCUT2D eigenvalue weighted by atomic mass is 32.1. The third kappa shape index (κ3) is 3.66. The van der Waals surface area contributed by atoms with Crippen molar-refractivity contribution in [3.8, 4) is 0 Å². The fourth-order valence-corrected chi connectivity index (χ4v) is 3.11. The number of amides is 1. The molecule has 0 spiro atoms. The Hall–Kier alpha value is -2.81. The first-order chi connectivity index (χ1) is 12.0. The van der Waals surface area contributed by atoms with Crippen molar-refractivity contribution in [2.75, 3.05) is 11.9 Å². The standard InChI is InChI=1S/C16H17N5O3S/c1-4-24-13(22)6-11-8-25-16(19-11)20-15(23)12-7-17-21-10(3)5-9(2)18-14(12)21/h5,7-8H,4,6H2,1-3H3,(H,19,20,23). The van der Waals surface area contributed by atoms with Crippen LogP contribution in [0.1, 0.15) is 34.4 Å². The van der Waals surface area contributed by atoms with E-state index in [0.29, 0.717) is 28.6 Å². The highest BCUT2D eigenvalue weighted by Crippen LogP contribution is 2.19. The van der Waals surface area contributed by atoms with Crippen LogP contribution in [-0.4, -0.2) is 38.1 Å². The molecular formula is C16H17N5O3S. The van der Waals surface area contributed by atoms with Gasteiger partial charge in [-0.25, -0.2) is 14.5 Å². The van der Waals surface area contributed by atoms with Crippen LogP contribution in [0.2, 0.25) is 0 Å². The molecule has 0 aliphatic heterocycles. The molecule has 130 valence electrons. The second kappa shape index (κ2) is 6.98. The van der Waals surface area contributed by atoms with E-state index in [0.717, 1.165) is 11.4 Å². The largest absolute Gasteiger partial charge is 0.466 e. The van der Waals surface area contributed by atoms with E-state index in [1.54, 1.807) is 16.8 Å². The van der Waals surface area contributed by atoms with Gasteiger partial charge in [-0.3, -0.25) is 14.9 Å². The Morgan fingerprint density at radius 3 is 2.88 bits per heavy atom. The minimum atomic E-state index is -0.344. The molecule has 9 heteroatoms. The average Bonchev–Trinajstić information content (AvgIpc) is 3.14. The molecule has 3 aromatic heterocycles. The van der Waals surface area contributed by atoms with Crippen LogP contribution in [0.15, 0.2) is 17.6 Å². The molecule has 0 unspecified atom stereocenters. The summed E-state index contributed by atoms with van der Waals surface area (Å²) in [5.74, 6) is -0.687. The lowest BCUT2D eigenvalue weighted by molar-refractivity contribution is -0.142. The number of anilines is 1. The summed E-state index contributed by atoms with van der Waals surface area (Å²) in [6.07, 6.45) is 1.56. The van der Waals surface area contributed by atoms with Crippen LogP contribution in [0.3, 0.4) is 0 Å². The minimum absolute atomic E-state index is 0.0802. The molecule has 3 heterocycles. The summed E-state index contributed by atoms with van der Waals surface area (Å²) in [5.41, 5.74) is 3.13. The molecule has 3 aromatic rings. The van der Waals surface area contributed by atoms with E-state index < -0.39 is 0 Å². The summed E-state index contributed by atoms with van der Waals surface area (Å²) in [6, 6.07) is 1.89. The van der Waals surface area contributed by atoms with E-state index in [1.807, 2.05) is 19.9 Å². The van der Waals surface area contributed by atoms with E-state index in [1.165, 1.54) is 17.5 Å². The summed E-state index contributed by atoms with van der Waals surface area (Å²) in [6.45, 7) is 5.84. The number of carbonyl (C=O) groups is 2. The van der Waals surface area contributed by atoms with Gasteiger partial charge in [-0.05, 0) is 26.8 Å². The molecule has 1 N–H and O–H groups in total. The molecule has 0 aliphatic rings. The van der Waals surface area contributed by atoms with E-state index in [2.05, 4.69) is 20.4 Å². The number of carbonyl (C=O) groups excluding carboxylic acids is 2. The summed E-state index contributed by atoms with van der Waals surface area (Å²) >= 11 is 1.25. The smallest absolute Gasteiger partial charge is 0.311 e. The van der Waals surface area contributed by atoms with E-state index in [9.17, 15) is 9.59 Å².